The third kappa shape index (κ3) is 1.35. The molecule has 1 spiro atoms. The Morgan fingerprint density at radius 1 is 1.38 bits per heavy atom. The Kier molecular flexibility index (Phi) is 2.04. The van der Waals surface area contributed by atoms with Crippen molar-refractivity contribution in [2.24, 2.45) is 0 Å². The fraction of sp³-hybridized carbons (Fsp3) is 0.462. The van der Waals surface area contributed by atoms with E-state index in [9.17, 15) is 4.79 Å². The van der Waals surface area contributed by atoms with Crippen LogP contribution in [-0.2, 0) is 21.5 Å². The maximum Gasteiger partial charge on any atom is 0.322 e. The lowest BCUT2D eigenvalue weighted by atomic mass is 9.76. The molecule has 0 radical (unpaired) electrons. The highest BCUT2D eigenvalue weighted by molar-refractivity contribution is 5.65. The van der Waals surface area contributed by atoms with E-state index >= 15 is 0 Å². The van der Waals surface area contributed by atoms with Crippen LogP contribution in [0.3, 0.4) is 0 Å². The molecule has 1 aromatic carbocycles. The number of carbonyl (C=O) groups excluding carboxylic acids is 1. The molecular weight excluding hydrogens is 202 g/mol. The SMILES string of the molecule is CC(=O)ON1CC2(CCc3ccccc32)C1. The Morgan fingerprint density at radius 3 is 2.88 bits per heavy atom. The van der Waals surface area contributed by atoms with Crippen molar-refractivity contribution in [1.82, 2.24) is 5.06 Å². The van der Waals surface area contributed by atoms with E-state index in [1.165, 1.54) is 24.5 Å². The van der Waals surface area contributed by atoms with Crippen LogP contribution < -0.4 is 0 Å². The molecule has 0 unspecified atom stereocenters. The largest absolute Gasteiger partial charge is 0.368 e. The van der Waals surface area contributed by atoms with Gasteiger partial charge in [0.2, 0.25) is 0 Å². The number of benzene rings is 1. The fourth-order valence-electron chi connectivity index (χ4n) is 2.97. The summed E-state index contributed by atoms with van der Waals surface area (Å²) in [6.07, 6.45) is 2.34. The van der Waals surface area contributed by atoms with E-state index in [1.54, 1.807) is 5.06 Å². The standard InChI is InChI=1S/C13H15NO2/c1-10(15)16-14-8-13(9-14)7-6-11-4-2-3-5-12(11)13/h2-5H,6-9H2,1H3. The summed E-state index contributed by atoms with van der Waals surface area (Å²) >= 11 is 0. The van der Waals surface area contributed by atoms with Crippen molar-refractivity contribution in [2.45, 2.75) is 25.2 Å². The molecule has 0 bridgehead atoms. The van der Waals surface area contributed by atoms with E-state index < -0.39 is 0 Å². The topological polar surface area (TPSA) is 29.5 Å². The summed E-state index contributed by atoms with van der Waals surface area (Å²) in [6.45, 7) is 3.15. The van der Waals surface area contributed by atoms with Gasteiger partial charge in [-0.2, -0.15) is 0 Å². The highest BCUT2D eigenvalue weighted by atomic mass is 16.7. The van der Waals surface area contributed by atoms with Crippen molar-refractivity contribution in [3.05, 3.63) is 35.4 Å². The van der Waals surface area contributed by atoms with Gasteiger partial charge in [0, 0.05) is 25.4 Å². The van der Waals surface area contributed by atoms with Crippen LogP contribution in [0.2, 0.25) is 0 Å². The number of hydrogen-bond acceptors (Lipinski definition) is 3. The molecule has 0 N–H and O–H groups in total. The molecule has 3 nitrogen and oxygen atoms in total. The molecule has 0 atom stereocenters. The van der Waals surface area contributed by atoms with Crippen molar-refractivity contribution in [3.8, 4) is 0 Å². The van der Waals surface area contributed by atoms with Crippen LogP contribution in [0.4, 0.5) is 0 Å². The third-order valence-electron chi connectivity index (χ3n) is 3.68. The summed E-state index contributed by atoms with van der Waals surface area (Å²) in [6, 6.07) is 8.62. The van der Waals surface area contributed by atoms with Crippen LogP contribution in [0.25, 0.3) is 0 Å². The first-order chi connectivity index (χ1) is 7.70. The predicted octanol–water partition coefficient (Wildman–Crippen LogP) is 1.66. The lowest BCUT2D eigenvalue weighted by Gasteiger charge is -2.46. The first kappa shape index (κ1) is 9.85. The van der Waals surface area contributed by atoms with Gasteiger partial charge in [-0.15, -0.1) is 5.06 Å². The first-order valence-electron chi connectivity index (χ1n) is 5.71. The molecule has 1 aromatic rings. The minimum Gasteiger partial charge on any atom is -0.368 e. The summed E-state index contributed by atoms with van der Waals surface area (Å²) < 4.78 is 0. The van der Waals surface area contributed by atoms with Gasteiger partial charge in [-0.05, 0) is 24.0 Å². The number of aryl methyl sites for hydroxylation is 1. The Morgan fingerprint density at radius 2 is 2.12 bits per heavy atom. The van der Waals surface area contributed by atoms with Crippen molar-refractivity contribution >= 4 is 5.97 Å². The predicted molar refractivity (Wildman–Crippen MR) is 59.8 cm³/mol. The van der Waals surface area contributed by atoms with Gasteiger partial charge in [-0.3, -0.25) is 4.79 Å². The Bertz CT molecular complexity index is 435. The van der Waals surface area contributed by atoms with Crippen LogP contribution >= 0.6 is 0 Å². The second kappa shape index (κ2) is 3.32. The smallest absolute Gasteiger partial charge is 0.322 e. The number of hydrogen-bond donors (Lipinski definition) is 0. The second-order valence-corrected chi connectivity index (χ2v) is 4.82. The molecule has 1 aliphatic heterocycles. The fourth-order valence-corrected chi connectivity index (χ4v) is 2.97. The zero-order valence-corrected chi connectivity index (χ0v) is 9.40. The Labute approximate surface area is 95.0 Å². The average molecular weight is 217 g/mol. The van der Waals surface area contributed by atoms with Crippen molar-refractivity contribution in [2.75, 3.05) is 13.1 Å². The zero-order chi connectivity index (χ0) is 11.2. The lowest BCUT2D eigenvalue weighted by molar-refractivity contribution is -0.223. The van der Waals surface area contributed by atoms with Crippen LogP contribution in [0.5, 0.6) is 0 Å². The average Bonchev–Trinajstić information content (AvgIpc) is 2.57. The van der Waals surface area contributed by atoms with Crippen molar-refractivity contribution in [1.29, 1.82) is 0 Å². The number of nitrogens with zero attached hydrogens (tertiary/aromatic N) is 1. The number of fused-ring (bicyclic) bond motifs is 2. The molecule has 1 aliphatic carbocycles. The number of hydroxylamine groups is 2. The Hall–Kier alpha value is -1.35. The first-order valence-corrected chi connectivity index (χ1v) is 5.71. The van der Waals surface area contributed by atoms with Gasteiger partial charge in [0.15, 0.2) is 0 Å². The molecule has 3 heteroatoms. The molecule has 84 valence electrons. The van der Waals surface area contributed by atoms with Gasteiger partial charge in [0.25, 0.3) is 0 Å². The maximum absolute atomic E-state index is 10.8. The summed E-state index contributed by atoms with van der Waals surface area (Å²) in [7, 11) is 0. The van der Waals surface area contributed by atoms with Gasteiger partial charge in [0.05, 0.1) is 0 Å². The molecule has 16 heavy (non-hydrogen) atoms. The molecular formula is C13H15NO2. The van der Waals surface area contributed by atoms with Gasteiger partial charge in [-0.1, -0.05) is 24.3 Å². The van der Waals surface area contributed by atoms with Crippen molar-refractivity contribution in [3.63, 3.8) is 0 Å². The summed E-state index contributed by atoms with van der Waals surface area (Å²) in [4.78, 5) is 15.9. The minimum absolute atomic E-state index is 0.221. The molecule has 2 aliphatic rings. The third-order valence-corrected chi connectivity index (χ3v) is 3.68. The van der Waals surface area contributed by atoms with Crippen LogP contribution in [-0.4, -0.2) is 24.1 Å². The normalized spacial score (nSPS) is 21.6. The number of rotatable bonds is 1. The van der Waals surface area contributed by atoms with E-state index in [0.717, 1.165) is 19.5 Å². The molecule has 0 amide bonds. The van der Waals surface area contributed by atoms with Crippen LogP contribution in [0.15, 0.2) is 24.3 Å². The van der Waals surface area contributed by atoms with Gasteiger partial charge >= 0.3 is 5.97 Å². The lowest BCUT2D eigenvalue weighted by Crippen LogP contribution is -2.58. The van der Waals surface area contributed by atoms with Crippen molar-refractivity contribution < 1.29 is 9.63 Å². The summed E-state index contributed by atoms with van der Waals surface area (Å²) in [5, 5.41) is 1.77. The summed E-state index contributed by atoms with van der Waals surface area (Å²) in [5.74, 6) is -0.221. The molecule has 1 fully saturated rings. The van der Waals surface area contributed by atoms with Gasteiger partial charge in [0.1, 0.15) is 0 Å². The van der Waals surface area contributed by atoms with Crippen LogP contribution in [0.1, 0.15) is 24.5 Å². The highest BCUT2D eigenvalue weighted by Crippen LogP contribution is 2.45. The summed E-state index contributed by atoms with van der Waals surface area (Å²) in [5.41, 5.74) is 3.18. The van der Waals surface area contributed by atoms with Crippen LogP contribution in [0, 0.1) is 0 Å². The van der Waals surface area contributed by atoms with E-state index in [1.807, 2.05) is 0 Å². The molecule has 1 heterocycles. The van der Waals surface area contributed by atoms with E-state index in [-0.39, 0.29) is 11.4 Å². The monoisotopic (exact) mass is 217 g/mol. The van der Waals surface area contributed by atoms with Gasteiger partial charge in [-0.25, -0.2) is 0 Å². The maximum atomic E-state index is 10.8. The number of carbonyl (C=O) groups is 1. The van der Waals surface area contributed by atoms with Gasteiger partial charge < -0.3 is 4.84 Å². The second-order valence-electron chi connectivity index (χ2n) is 4.82. The quantitative estimate of drug-likeness (QED) is 0.716. The molecule has 0 aromatic heterocycles. The van der Waals surface area contributed by atoms with E-state index in [4.69, 9.17) is 4.84 Å². The zero-order valence-electron chi connectivity index (χ0n) is 9.40. The molecule has 3 rings (SSSR count). The highest BCUT2D eigenvalue weighted by Gasteiger charge is 2.49. The minimum atomic E-state index is -0.221. The molecule has 0 saturated carbocycles. The van der Waals surface area contributed by atoms with E-state index in [2.05, 4.69) is 24.3 Å². The Balaban J connectivity index is 1.78. The van der Waals surface area contributed by atoms with E-state index in [0.29, 0.717) is 0 Å². The molecule has 1 saturated heterocycles.